The molecule has 0 aliphatic rings. The van der Waals surface area contributed by atoms with Crippen LogP contribution in [0.3, 0.4) is 0 Å². The highest BCUT2D eigenvalue weighted by atomic mass is 32.2. The molecule has 0 radical (unpaired) electrons. The molecule has 0 N–H and O–H groups in total. The van der Waals surface area contributed by atoms with E-state index in [2.05, 4.69) is 36.3 Å². The summed E-state index contributed by atoms with van der Waals surface area (Å²) in [7, 11) is -3.35. The van der Waals surface area contributed by atoms with Crippen molar-refractivity contribution >= 4 is 10.0 Å². The maximum Gasteiger partial charge on any atom is 0.212 e. The minimum Gasteiger partial charge on any atom is -0.225 e. The van der Waals surface area contributed by atoms with Crippen molar-refractivity contribution in [2.24, 2.45) is 5.41 Å². The number of rotatable bonds is 4. The Morgan fingerprint density at radius 2 is 1.71 bits per heavy atom. The second-order valence-corrected chi connectivity index (χ2v) is 9.43. The van der Waals surface area contributed by atoms with E-state index in [1.54, 1.807) is 4.68 Å². The topological polar surface area (TPSA) is 81.0 Å². The molecule has 1 rings (SSSR count). The van der Waals surface area contributed by atoms with Gasteiger partial charge >= 0.3 is 0 Å². The van der Waals surface area contributed by atoms with Crippen LogP contribution in [0.5, 0.6) is 0 Å². The van der Waals surface area contributed by atoms with Crippen LogP contribution < -0.4 is 0 Å². The first-order chi connectivity index (χ1) is 9.24. The Kier molecular flexibility index (Phi) is 4.84. The van der Waals surface area contributed by atoms with Crippen LogP contribution >= 0.6 is 0 Å². The molecule has 0 saturated carbocycles. The summed E-state index contributed by atoms with van der Waals surface area (Å²) in [4.78, 5) is 0. The lowest BCUT2D eigenvalue weighted by Gasteiger charge is -2.34. The van der Waals surface area contributed by atoms with Gasteiger partial charge in [0.25, 0.3) is 0 Å². The van der Waals surface area contributed by atoms with Gasteiger partial charge in [-0.05, 0) is 43.5 Å². The quantitative estimate of drug-likeness (QED) is 0.846. The second kappa shape index (κ2) is 5.64. The summed E-state index contributed by atoms with van der Waals surface area (Å²) >= 11 is 0. The van der Waals surface area contributed by atoms with Crippen molar-refractivity contribution in [3.8, 4) is 0 Å². The van der Waals surface area contributed by atoms with Crippen LogP contribution in [0.1, 0.15) is 60.3 Å². The number of tetrazole rings is 1. The third-order valence-corrected chi connectivity index (χ3v) is 5.09. The molecular weight excluding hydrogens is 290 g/mol. The number of hydrogen-bond acceptors (Lipinski definition) is 5. The number of hydrogen-bond donors (Lipinski definition) is 0. The molecule has 7 nitrogen and oxygen atoms in total. The first-order valence-corrected chi connectivity index (χ1v) is 8.84. The zero-order valence-corrected chi connectivity index (χ0v) is 15.1. The van der Waals surface area contributed by atoms with E-state index in [-0.39, 0.29) is 18.0 Å². The van der Waals surface area contributed by atoms with Crippen molar-refractivity contribution in [2.45, 2.75) is 66.6 Å². The van der Waals surface area contributed by atoms with Crippen LogP contribution in [0, 0.1) is 5.41 Å². The largest absolute Gasteiger partial charge is 0.225 e. The molecule has 122 valence electrons. The van der Waals surface area contributed by atoms with Crippen LogP contribution in [0.2, 0.25) is 0 Å². The summed E-state index contributed by atoms with van der Waals surface area (Å²) < 4.78 is 27.2. The maximum atomic E-state index is 12.0. The molecule has 0 aromatic carbocycles. The van der Waals surface area contributed by atoms with E-state index in [1.807, 2.05) is 27.7 Å². The second-order valence-electron chi connectivity index (χ2n) is 7.52. The molecule has 1 heterocycles. The van der Waals surface area contributed by atoms with Gasteiger partial charge < -0.3 is 0 Å². The van der Waals surface area contributed by atoms with Crippen molar-refractivity contribution in [3.05, 3.63) is 5.82 Å². The number of sulfonamides is 1. The molecule has 8 heteroatoms. The van der Waals surface area contributed by atoms with Crippen LogP contribution in [0.15, 0.2) is 0 Å². The lowest BCUT2D eigenvalue weighted by molar-refractivity contribution is 0.209. The molecule has 1 aromatic rings. The van der Waals surface area contributed by atoms with Gasteiger partial charge in [-0.3, -0.25) is 0 Å². The fourth-order valence-corrected chi connectivity index (χ4v) is 3.31. The Balaban J connectivity index is 3.17. The number of aromatic nitrogens is 4. The fraction of sp³-hybridized carbons (Fsp3) is 0.923. The molecule has 21 heavy (non-hydrogen) atoms. The van der Waals surface area contributed by atoms with Gasteiger partial charge in [0.2, 0.25) is 10.0 Å². The van der Waals surface area contributed by atoms with E-state index in [4.69, 9.17) is 0 Å². The normalized spacial score (nSPS) is 15.5. The van der Waals surface area contributed by atoms with Gasteiger partial charge in [0, 0.05) is 5.54 Å². The van der Waals surface area contributed by atoms with Crippen molar-refractivity contribution in [2.75, 3.05) is 6.26 Å². The van der Waals surface area contributed by atoms with E-state index in [1.165, 1.54) is 10.6 Å². The monoisotopic (exact) mass is 317 g/mol. The van der Waals surface area contributed by atoms with Gasteiger partial charge in [0.1, 0.15) is 0 Å². The average molecular weight is 317 g/mol. The summed E-state index contributed by atoms with van der Waals surface area (Å²) in [5, 5.41) is 11.8. The minimum absolute atomic E-state index is 0.0260. The zero-order chi connectivity index (χ0) is 16.6. The van der Waals surface area contributed by atoms with E-state index >= 15 is 0 Å². The molecule has 0 bridgehead atoms. The van der Waals surface area contributed by atoms with Gasteiger partial charge in [-0.2, -0.15) is 4.31 Å². The first-order valence-electron chi connectivity index (χ1n) is 6.99. The summed E-state index contributed by atoms with van der Waals surface area (Å²) in [6, 6.07) is 0.0591. The lowest BCUT2D eigenvalue weighted by atomic mass is 9.88. The molecule has 0 saturated heterocycles. The van der Waals surface area contributed by atoms with Gasteiger partial charge in [0.15, 0.2) is 5.82 Å². The van der Waals surface area contributed by atoms with E-state index in [9.17, 15) is 8.42 Å². The zero-order valence-electron chi connectivity index (χ0n) is 14.2. The van der Waals surface area contributed by atoms with Gasteiger partial charge in [-0.1, -0.05) is 20.8 Å². The minimum atomic E-state index is -3.35. The van der Waals surface area contributed by atoms with Gasteiger partial charge in [-0.15, -0.1) is 5.10 Å². The summed E-state index contributed by atoms with van der Waals surface area (Å²) in [6.45, 7) is 14.1. The fourth-order valence-electron chi connectivity index (χ4n) is 1.96. The number of nitrogens with zero attached hydrogens (tertiary/aromatic N) is 5. The highest BCUT2D eigenvalue weighted by molar-refractivity contribution is 7.88. The molecule has 0 amide bonds. The molecule has 0 spiro atoms. The van der Waals surface area contributed by atoms with E-state index in [0.29, 0.717) is 5.82 Å². The van der Waals surface area contributed by atoms with E-state index < -0.39 is 15.6 Å². The van der Waals surface area contributed by atoms with Crippen LogP contribution in [-0.2, 0) is 16.6 Å². The molecule has 0 fully saturated rings. The lowest BCUT2D eigenvalue weighted by Crippen LogP contribution is -2.45. The van der Waals surface area contributed by atoms with Crippen molar-refractivity contribution in [1.82, 2.24) is 24.5 Å². The van der Waals surface area contributed by atoms with E-state index in [0.717, 1.165) is 0 Å². The predicted molar refractivity (Wildman–Crippen MR) is 82.1 cm³/mol. The highest BCUT2D eigenvalue weighted by Crippen LogP contribution is 2.30. The Bertz CT molecular complexity index is 580. The first kappa shape index (κ1) is 18.0. The molecule has 1 aromatic heterocycles. The Labute approximate surface area is 127 Å². The summed E-state index contributed by atoms with van der Waals surface area (Å²) in [5.41, 5.74) is -0.558. The summed E-state index contributed by atoms with van der Waals surface area (Å²) in [5.74, 6) is 0.553. The molecule has 0 aliphatic heterocycles. The van der Waals surface area contributed by atoms with Crippen molar-refractivity contribution < 1.29 is 8.42 Å². The van der Waals surface area contributed by atoms with Crippen molar-refractivity contribution in [1.29, 1.82) is 0 Å². The van der Waals surface area contributed by atoms with Gasteiger partial charge in [-0.25, -0.2) is 13.1 Å². The molecular formula is C13H27N5O2S. The van der Waals surface area contributed by atoms with Crippen molar-refractivity contribution in [3.63, 3.8) is 0 Å². The van der Waals surface area contributed by atoms with Crippen LogP contribution in [0.4, 0.5) is 0 Å². The maximum absolute atomic E-state index is 12.0. The Hall–Kier alpha value is -1.02. The standard InChI is InChI=1S/C13H27N5O2S/c1-10(12(2,3)4)18-11(14-15-16-18)9-17(13(5,6)7)21(8,19)20/h10H,9H2,1-8H3. The third-order valence-electron chi connectivity index (χ3n) is 3.61. The highest BCUT2D eigenvalue weighted by Gasteiger charge is 2.33. The SMILES string of the molecule is CC(n1nnnc1CN(C(C)(C)C)S(C)(=O)=O)C(C)(C)C. The average Bonchev–Trinajstić information content (AvgIpc) is 2.67. The Morgan fingerprint density at radius 1 is 1.19 bits per heavy atom. The smallest absolute Gasteiger partial charge is 0.212 e. The molecule has 1 atom stereocenters. The molecule has 1 unspecified atom stereocenters. The van der Waals surface area contributed by atoms with Crippen LogP contribution in [0.25, 0.3) is 0 Å². The molecule has 0 aliphatic carbocycles. The summed E-state index contributed by atoms with van der Waals surface area (Å²) in [6.07, 6.45) is 1.21. The Morgan fingerprint density at radius 3 is 2.10 bits per heavy atom. The third kappa shape index (κ3) is 4.47. The predicted octanol–water partition coefficient (Wildman–Crippen LogP) is 1.84. The van der Waals surface area contributed by atoms with Crippen LogP contribution in [-0.4, -0.2) is 44.7 Å². The van der Waals surface area contributed by atoms with Gasteiger partial charge in [0.05, 0.1) is 18.8 Å².